The maximum Gasteiger partial charge on any atom is 0.124 e. The van der Waals surface area contributed by atoms with E-state index >= 15 is 0 Å². The highest BCUT2D eigenvalue weighted by molar-refractivity contribution is 9.10. The number of ether oxygens (including phenoxy) is 1. The fraction of sp³-hybridized carbons (Fsp3) is 0.500. The zero-order valence-corrected chi connectivity index (χ0v) is 13.5. The zero-order valence-electron chi connectivity index (χ0n) is 11.9. The van der Waals surface area contributed by atoms with Crippen LogP contribution in [0, 0.1) is 11.8 Å². The summed E-state index contributed by atoms with van der Waals surface area (Å²) in [5, 5.41) is 3.49. The van der Waals surface area contributed by atoms with Gasteiger partial charge in [0.05, 0.1) is 6.61 Å². The van der Waals surface area contributed by atoms with Gasteiger partial charge >= 0.3 is 0 Å². The van der Waals surface area contributed by atoms with Crippen LogP contribution in [0.5, 0.6) is 5.75 Å². The van der Waals surface area contributed by atoms with Gasteiger partial charge in [-0.3, -0.25) is 0 Å². The molecule has 0 aromatic heterocycles. The van der Waals surface area contributed by atoms with Gasteiger partial charge in [-0.2, -0.15) is 0 Å². The van der Waals surface area contributed by atoms with E-state index in [2.05, 4.69) is 53.0 Å². The van der Waals surface area contributed by atoms with Crippen molar-refractivity contribution < 1.29 is 4.74 Å². The van der Waals surface area contributed by atoms with E-state index in [-0.39, 0.29) is 6.04 Å². The normalized spacial score (nSPS) is 11.6. The van der Waals surface area contributed by atoms with E-state index < -0.39 is 0 Å². The Labute approximate surface area is 125 Å². The standard InChI is InChI=1S/C16H22BrNO/c1-4-6-7-11-19-16-9-8-14(17)12-15(16)13(3)18-10-5-2/h8-9,12-13,18H,5,7,10-11H2,1-3H3. The highest BCUT2D eigenvalue weighted by Gasteiger charge is 2.11. The molecule has 1 unspecified atom stereocenters. The quantitative estimate of drug-likeness (QED) is 0.596. The van der Waals surface area contributed by atoms with Crippen molar-refractivity contribution >= 4 is 15.9 Å². The highest BCUT2D eigenvalue weighted by Crippen LogP contribution is 2.28. The highest BCUT2D eigenvalue weighted by atomic mass is 79.9. The lowest BCUT2D eigenvalue weighted by Gasteiger charge is -2.18. The fourth-order valence-corrected chi connectivity index (χ4v) is 2.18. The smallest absolute Gasteiger partial charge is 0.124 e. The van der Waals surface area contributed by atoms with Crippen LogP contribution in [0.2, 0.25) is 0 Å². The zero-order chi connectivity index (χ0) is 14.1. The average molecular weight is 324 g/mol. The summed E-state index contributed by atoms with van der Waals surface area (Å²) in [6, 6.07) is 6.43. The summed E-state index contributed by atoms with van der Waals surface area (Å²) < 4.78 is 6.91. The minimum atomic E-state index is 0.282. The van der Waals surface area contributed by atoms with Crippen molar-refractivity contribution in [2.75, 3.05) is 13.2 Å². The van der Waals surface area contributed by atoms with Gasteiger partial charge in [-0.1, -0.05) is 22.9 Å². The lowest BCUT2D eigenvalue weighted by molar-refractivity contribution is 0.320. The Bertz CT molecular complexity index is 448. The summed E-state index contributed by atoms with van der Waals surface area (Å²) in [4.78, 5) is 0. The van der Waals surface area contributed by atoms with Gasteiger partial charge in [-0.15, -0.1) is 11.8 Å². The summed E-state index contributed by atoms with van der Waals surface area (Å²) in [7, 11) is 0. The Balaban J connectivity index is 2.74. The van der Waals surface area contributed by atoms with Crippen LogP contribution in [0.25, 0.3) is 0 Å². The largest absolute Gasteiger partial charge is 0.492 e. The fourth-order valence-electron chi connectivity index (χ4n) is 1.80. The first-order valence-electron chi connectivity index (χ1n) is 6.74. The lowest BCUT2D eigenvalue weighted by atomic mass is 10.1. The molecule has 0 saturated carbocycles. The van der Waals surface area contributed by atoms with Crippen LogP contribution >= 0.6 is 15.9 Å². The van der Waals surface area contributed by atoms with Crippen molar-refractivity contribution in [1.29, 1.82) is 0 Å². The van der Waals surface area contributed by atoms with Gasteiger partial charge in [0.15, 0.2) is 0 Å². The molecule has 0 heterocycles. The van der Waals surface area contributed by atoms with Crippen molar-refractivity contribution in [3.63, 3.8) is 0 Å². The minimum absolute atomic E-state index is 0.282. The minimum Gasteiger partial charge on any atom is -0.492 e. The summed E-state index contributed by atoms with van der Waals surface area (Å²) in [5.41, 5.74) is 1.19. The van der Waals surface area contributed by atoms with Gasteiger partial charge in [0.25, 0.3) is 0 Å². The molecule has 0 saturated heterocycles. The number of nitrogens with one attached hydrogen (secondary N) is 1. The summed E-state index contributed by atoms with van der Waals surface area (Å²) >= 11 is 3.52. The van der Waals surface area contributed by atoms with Gasteiger partial charge in [0.2, 0.25) is 0 Å². The molecule has 1 aromatic rings. The molecule has 0 bridgehead atoms. The van der Waals surface area contributed by atoms with E-state index in [4.69, 9.17) is 4.74 Å². The van der Waals surface area contributed by atoms with Gasteiger partial charge in [-0.25, -0.2) is 0 Å². The molecule has 1 rings (SSSR count). The van der Waals surface area contributed by atoms with E-state index in [1.807, 2.05) is 19.1 Å². The van der Waals surface area contributed by atoms with Crippen molar-refractivity contribution in [3.05, 3.63) is 28.2 Å². The monoisotopic (exact) mass is 323 g/mol. The van der Waals surface area contributed by atoms with Crippen LogP contribution < -0.4 is 10.1 Å². The molecule has 0 fully saturated rings. The van der Waals surface area contributed by atoms with Gasteiger partial charge in [0, 0.05) is 22.5 Å². The third kappa shape index (κ3) is 5.67. The van der Waals surface area contributed by atoms with Crippen LogP contribution in [-0.4, -0.2) is 13.2 Å². The molecule has 2 nitrogen and oxygen atoms in total. The molecular formula is C16H22BrNO. The number of rotatable bonds is 7. The van der Waals surface area contributed by atoms with Crippen LogP contribution in [0.4, 0.5) is 0 Å². The Kier molecular flexibility index (Phi) is 7.62. The second kappa shape index (κ2) is 9.01. The molecule has 0 radical (unpaired) electrons. The van der Waals surface area contributed by atoms with Crippen LogP contribution in [0.3, 0.4) is 0 Å². The van der Waals surface area contributed by atoms with E-state index in [1.54, 1.807) is 0 Å². The Morgan fingerprint density at radius 1 is 1.42 bits per heavy atom. The topological polar surface area (TPSA) is 21.3 Å². The van der Waals surface area contributed by atoms with Crippen molar-refractivity contribution in [1.82, 2.24) is 5.32 Å². The molecule has 0 spiro atoms. The number of hydrogen-bond acceptors (Lipinski definition) is 2. The molecule has 0 aliphatic rings. The maximum atomic E-state index is 5.83. The third-order valence-corrected chi connectivity index (χ3v) is 3.29. The van der Waals surface area contributed by atoms with E-state index in [9.17, 15) is 0 Å². The summed E-state index contributed by atoms with van der Waals surface area (Å²) in [6.45, 7) is 7.82. The van der Waals surface area contributed by atoms with Crippen molar-refractivity contribution in [3.8, 4) is 17.6 Å². The third-order valence-electron chi connectivity index (χ3n) is 2.80. The van der Waals surface area contributed by atoms with Gasteiger partial charge < -0.3 is 10.1 Å². The number of benzene rings is 1. The maximum absolute atomic E-state index is 5.83. The Hall–Kier alpha value is -0.980. The first kappa shape index (κ1) is 16.1. The van der Waals surface area contributed by atoms with Gasteiger partial charge in [-0.05, 0) is 45.0 Å². The number of hydrogen-bond donors (Lipinski definition) is 1. The van der Waals surface area contributed by atoms with E-state index in [0.717, 1.165) is 29.6 Å². The second-order valence-electron chi connectivity index (χ2n) is 4.38. The molecule has 3 heteroatoms. The SMILES string of the molecule is CC#CCCOc1ccc(Br)cc1C(C)NCCC. The Morgan fingerprint density at radius 2 is 2.21 bits per heavy atom. The number of halogens is 1. The summed E-state index contributed by atoms with van der Waals surface area (Å²) in [5.74, 6) is 6.83. The molecule has 1 atom stereocenters. The van der Waals surface area contributed by atoms with Crippen LogP contribution in [0.1, 0.15) is 45.2 Å². The van der Waals surface area contributed by atoms with Crippen molar-refractivity contribution in [2.24, 2.45) is 0 Å². The predicted octanol–water partition coefficient (Wildman–Crippen LogP) is 4.30. The second-order valence-corrected chi connectivity index (χ2v) is 5.30. The molecular weight excluding hydrogens is 302 g/mol. The molecule has 1 aromatic carbocycles. The summed E-state index contributed by atoms with van der Waals surface area (Å²) in [6.07, 6.45) is 1.89. The van der Waals surface area contributed by atoms with E-state index in [1.165, 1.54) is 5.56 Å². The van der Waals surface area contributed by atoms with Gasteiger partial charge in [0.1, 0.15) is 5.75 Å². The molecule has 0 amide bonds. The first-order valence-corrected chi connectivity index (χ1v) is 7.53. The van der Waals surface area contributed by atoms with E-state index in [0.29, 0.717) is 6.61 Å². The van der Waals surface area contributed by atoms with Crippen molar-refractivity contribution in [2.45, 2.75) is 39.7 Å². The first-order chi connectivity index (χ1) is 9.19. The molecule has 1 N–H and O–H groups in total. The van der Waals surface area contributed by atoms with Crippen LogP contribution in [-0.2, 0) is 0 Å². The molecule has 104 valence electrons. The molecule has 0 aliphatic carbocycles. The predicted molar refractivity (Wildman–Crippen MR) is 84.4 cm³/mol. The molecule has 19 heavy (non-hydrogen) atoms. The Morgan fingerprint density at radius 3 is 2.89 bits per heavy atom. The lowest BCUT2D eigenvalue weighted by Crippen LogP contribution is -2.20. The molecule has 0 aliphatic heterocycles. The van der Waals surface area contributed by atoms with Crippen LogP contribution in [0.15, 0.2) is 22.7 Å². The average Bonchev–Trinajstić information content (AvgIpc) is 2.42.